The van der Waals surface area contributed by atoms with Crippen molar-refractivity contribution in [2.45, 2.75) is 13.1 Å². The summed E-state index contributed by atoms with van der Waals surface area (Å²) in [6.07, 6.45) is 1.50. The molecule has 0 atom stereocenters. The van der Waals surface area contributed by atoms with E-state index in [2.05, 4.69) is 73.1 Å². The third-order valence-electron chi connectivity index (χ3n) is 6.05. The predicted molar refractivity (Wildman–Crippen MR) is 131 cm³/mol. The summed E-state index contributed by atoms with van der Waals surface area (Å²) in [5.74, 6) is -0.169. The summed E-state index contributed by atoms with van der Waals surface area (Å²) in [6.45, 7) is 6.20. The molecule has 8 heteroatoms. The summed E-state index contributed by atoms with van der Waals surface area (Å²) in [5, 5.41) is 14.1. The van der Waals surface area contributed by atoms with Crippen LogP contribution >= 0.6 is 0 Å². The second kappa shape index (κ2) is 10.4. The minimum atomic E-state index is -0.169. The highest BCUT2D eigenvalue weighted by molar-refractivity contribution is 6.04. The molecule has 1 saturated heterocycles. The molecular formula is C26H27N7O. The van der Waals surface area contributed by atoms with Crippen LogP contribution in [0.2, 0.25) is 0 Å². The van der Waals surface area contributed by atoms with Crippen molar-refractivity contribution < 1.29 is 4.79 Å². The van der Waals surface area contributed by atoms with E-state index in [1.165, 1.54) is 22.1 Å². The van der Waals surface area contributed by atoms with Gasteiger partial charge in [-0.3, -0.25) is 14.6 Å². The third-order valence-corrected chi connectivity index (χ3v) is 6.05. The highest BCUT2D eigenvalue weighted by Gasteiger charge is 2.17. The normalized spacial score (nSPS) is 14.7. The van der Waals surface area contributed by atoms with Gasteiger partial charge in [-0.1, -0.05) is 48.5 Å². The van der Waals surface area contributed by atoms with E-state index >= 15 is 0 Å². The number of tetrazole rings is 1. The van der Waals surface area contributed by atoms with Gasteiger partial charge in [-0.15, -0.1) is 5.10 Å². The van der Waals surface area contributed by atoms with E-state index in [0.717, 1.165) is 50.6 Å². The molecule has 0 spiro atoms. The number of hydrogen-bond donors (Lipinski definition) is 1. The quantitative estimate of drug-likeness (QED) is 0.463. The molecule has 1 amide bonds. The van der Waals surface area contributed by atoms with Gasteiger partial charge in [0.15, 0.2) is 0 Å². The molecule has 0 aliphatic carbocycles. The number of carbonyl (C=O) groups is 1. The molecular weight excluding hydrogens is 426 g/mol. The lowest BCUT2D eigenvalue weighted by atomic mass is 10.1. The van der Waals surface area contributed by atoms with E-state index in [-0.39, 0.29) is 5.91 Å². The molecule has 0 radical (unpaired) electrons. The Hall–Kier alpha value is -3.88. The van der Waals surface area contributed by atoms with Crippen LogP contribution in [0.15, 0.2) is 85.2 Å². The van der Waals surface area contributed by atoms with Gasteiger partial charge in [-0.05, 0) is 51.9 Å². The average Bonchev–Trinajstić information content (AvgIpc) is 3.42. The molecule has 1 aromatic heterocycles. The zero-order chi connectivity index (χ0) is 23.2. The summed E-state index contributed by atoms with van der Waals surface area (Å²) < 4.78 is 1.52. The summed E-state index contributed by atoms with van der Waals surface area (Å²) in [6, 6.07) is 26.0. The van der Waals surface area contributed by atoms with Crippen LogP contribution in [-0.2, 0) is 13.1 Å². The molecule has 0 bridgehead atoms. The molecule has 0 unspecified atom stereocenters. The zero-order valence-electron chi connectivity index (χ0n) is 18.9. The van der Waals surface area contributed by atoms with Crippen LogP contribution in [0.4, 0.5) is 5.69 Å². The Morgan fingerprint density at radius 2 is 1.47 bits per heavy atom. The molecule has 8 nitrogen and oxygen atoms in total. The maximum Gasteiger partial charge on any atom is 0.255 e. The van der Waals surface area contributed by atoms with Gasteiger partial charge in [0.25, 0.3) is 5.91 Å². The Morgan fingerprint density at radius 1 is 0.794 bits per heavy atom. The Labute approximate surface area is 198 Å². The lowest BCUT2D eigenvalue weighted by Gasteiger charge is -2.34. The van der Waals surface area contributed by atoms with Gasteiger partial charge < -0.3 is 5.32 Å². The van der Waals surface area contributed by atoms with E-state index in [1.54, 1.807) is 12.1 Å². The summed E-state index contributed by atoms with van der Waals surface area (Å²) >= 11 is 0. The van der Waals surface area contributed by atoms with Crippen molar-refractivity contribution in [3.63, 3.8) is 0 Å². The van der Waals surface area contributed by atoms with Crippen molar-refractivity contribution in [1.82, 2.24) is 30.0 Å². The lowest BCUT2D eigenvalue weighted by molar-refractivity contribution is 0.102. The largest absolute Gasteiger partial charge is 0.322 e. The van der Waals surface area contributed by atoms with Gasteiger partial charge in [-0.25, -0.2) is 4.68 Å². The average molecular weight is 454 g/mol. The van der Waals surface area contributed by atoms with Gasteiger partial charge in [0.1, 0.15) is 6.33 Å². The Bertz CT molecular complexity index is 1200. The number of benzene rings is 3. The molecule has 5 rings (SSSR count). The molecule has 3 aromatic carbocycles. The van der Waals surface area contributed by atoms with Crippen molar-refractivity contribution in [3.8, 4) is 5.69 Å². The van der Waals surface area contributed by atoms with Gasteiger partial charge in [0.05, 0.1) is 5.69 Å². The minimum Gasteiger partial charge on any atom is -0.322 e. The molecule has 34 heavy (non-hydrogen) atoms. The SMILES string of the molecule is O=C(Nc1ccc(CN2CCN(Cc3ccccc3)CC2)cc1)c1cccc(-n2cnnn2)c1. The predicted octanol–water partition coefficient (Wildman–Crippen LogP) is 3.23. The van der Waals surface area contributed by atoms with E-state index in [9.17, 15) is 4.79 Å². The number of nitrogens with zero attached hydrogens (tertiary/aromatic N) is 6. The second-order valence-electron chi connectivity index (χ2n) is 8.49. The summed E-state index contributed by atoms with van der Waals surface area (Å²) in [5.41, 5.74) is 4.67. The second-order valence-corrected chi connectivity index (χ2v) is 8.49. The zero-order valence-corrected chi connectivity index (χ0v) is 18.9. The highest BCUT2D eigenvalue weighted by Crippen LogP contribution is 2.16. The first kappa shape index (κ1) is 21.9. The molecule has 172 valence electrons. The Balaban J connectivity index is 1.12. The maximum absolute atomic E-state index is 12.7. The first-order valence-electron chi connectivity index (χ1n) is 11.5. The Morgan fingerprint density at radius 3 is 2.12 bits per heavy atom. The monoisotopic (exact) mass is 453 g/mol. The smallest absolute Gasteiger partial charge is 0.255 e. The van der Waals surface area contributed by atoms with Crippen LogP contribution in [0.3, 0.4) is 0 Å². The van der Waals surface area contributed by atoms with Gasteiger partial charge in [0.2, 0.25) is 0 Å². The first-order valence-corrected chi connectivity index (χ1v) is 11.5. The van der Waals surface area contributed by atoms with Crippen LogP contribution in [-0.4, -0.2) is 62.1 Å². The minimum absolute atomic E-state index is 0.169. The van der Waals surface area contributed by atoms with Crippen molar-refractivity contribution in [3.05, 3.63) is 102 Å². The van der Waals surface area contributed by atoms with Crippen LogP contribution < -0.4 is 5.32 Å². The topological polar surface area (TPSA) is 79.2 Å². The van der Waals surface area contributed by atoms with Crippen LogP contribution in [0, 0.1) is 0 Å². The first-order chi connectivity index (χ1) is 16.7. The number of piperazine rings is 1. The van der Waals surface area contributed by atoms with Crippen molar-refractivity contribution in [2.24, 2.45) is 0 Å². The fourth-order valence-corrected chi connectivity index (χ4v) is 4.17. The van der Waals surface area contributed by atoms with E-state index in [1.807, 2.05) is 24.3 Å². The van der Waals surface area contributed by atoms with Crippen molar-refractivity contribution in [1.29, 1.82) is 0 Å². The number of hydrogen-bond acceptors (Lipinski definition) is 6. The van der Waals surface area contributed by atoms with Crippen molar-refractivity contribution in [2.75, 3.05) is 31.5 Å². The highest BCUT2D eigenvalue weighted by atomic mass is 16.1. The lowest BCUT2D eigenvalue weighted by Crippen LogP contribution is -2.45. The van der Waals surface area contributed by atoms with Gasteiger partial charge in [-0.2, -0.15) is 0 Å². The van der Waals surface area contributed by atoms with E-state index in [4.69, 9.17) is 0 Å². The number of anilines is 1. The van der Waals surface area contributed by atoms with Crippen LogP contribution in [0.1, 0.15) is 21.5 Å². The van der Waals surface area contributed by atoms with Crippen molar-refractivity contribution >= 4 is 11.6 Å². The molecule has 4 aromatic rings. The van der Waals surface area contributed by atoms with Gasteiger partial charge >= 0.3 is 0 Å². The fourth-order valence-electron chi connectivity index (χ4n) is 4.17. The molecule has 1 aliphatic heterocycles. The Kier molecular flexibility index (Phi) is 6.69. The summed E-state index contributed by atoms with van der Waals surface area (Å²) in [4.78, 5) is 17.7. The number of carbonyl (C=O) groups excluding carboxylic acids is 1. The van der Waals surface area contributed by atoms with Gasteiger partial charge in [0, 0.05) is 50.5 Å². The number of amides is 1. The number of nitrogens with one attached hydrogen (secondary N) is 1. The third kappa shape index (κ3) is 5.54. The molecule has 1 aliphatic rings. The standard InChI is InChI=1S/C26H27N7O/c34-26(23-7-4-8-25(17-23)33-20-27-29-30-33)28-24-11-9-22(10-12-24)19-32-15-13-31(14-16-32)18-21-5-2-1-3-6-21/h1-12,17,20H,13-16,18-19H2,(H,28,34). The summed E-state index contributed by atoms with van der Waals surface area (Å²) in [7, 11) is 0. The molecule has 1 N–H and O–H groups in total. The fraction of sp³-hybridized carbons (Fsp3) is 0.231. The number of rotatable bonds is 7. The molecule has 0 saturated carbocycles. The van der Waals surface area contributed by atoms with Crippen LogP contribution in [0.25, 0.3) is 5.69 Å². The van der Waals surface area contributed by atoms with E-state index < -0.39 is 0 Å². The van der Waals surface area contributed by atoms with Crippen LogP contribution in [0.5, 0.6) is 0 Å². The number of aromatic nitrogens is 4. The van der Waals surface area contributed by atoms with E-state index in [0.29, 0.717) is 5.56 Å². The maximum atomic E-state index is 12.7. The molecule has 2 heterocycles. The molecule has 1 fully saturated rings.